The Morgan fingerprint density at radius 1 is 0.867 bits per heavy atom. The number of rotatable bonds is 2. The molecule has 0 aliphatic heterocycles. The lowest BCUT2D eigenvalue weighted by molar-refractivity contribution is 0.334. The molecule has 9 heteroatoms. The molecule has 1 atom stereocenters. The summed E-state index contributed by atoms with van der Waals surface area (Å²) in [6.07, 6.45) is 0. The minimum Gasteiger partial charge on any atom is -0.223 e. The zero-order valence-corrected chi connectivity index (χ0v) is 7.50. The van der Waals surface area contributed by atoms with Crippen molar-refractivity contribution in [2.45, 2.75) is 0 Å². The van der Waals surface area contributed by atoms with Crippen LogP contribution >= 0.6 is 8.25 Å². The summed E-state index contributed by atoms with van der Waals surface area (Å²) in [5, 5.41) is 0. The molecule has 1 N–H and O–H groups in total. The molecular weight excluding hydrogens is 246 g/mol. The standard InChI is InChI=1S/C6F5O3P/c7-1-2(8)4(10)6(14-15(12)13)5(11)3(1)9/p+1. The minimum atomic E-state index is -3.53. The average molecular weight is 247 g/mol. The molecule has 0 aliphatic carbocycles. The monoisotopic (exact) mass is 247 g/mol. The molecule has 1 unspecified atom stereocenters. The Bertz CT molecular complexity index is 406. The first-order valence-electron chi connectivity index (χ1n) is 3.21. The summed E-state index contributed by atoms with van der Waals surface area (Å²) in [6.45, 7) is 0. The van der Waals surface area contributed by atoms with Gasteiger partial charge in [-0.15, -0.1) is 4.89 Å². The van der Waals surface area contributed by atoms with Crippen molar-refractivity contribution in [1.29, 1.82) is 0 Å². The number of hydrogen-bond acceptors (Lipinski definition) is 2. The molecule has 0 saturated carbocycles. The second kappa shape index (κ2) is 4.08. The lowest BCUT2D eigenvalue weighted by atomic mass is 10.3. The van der Waals surface area contributed by atoms with Gasteiger partial charge in [0.05, 0.1) is 0 Å². The van der Waals surface area contributed by atoms with E-state index in [0.29, 0.717) is 0 Å². The van der Waals surface area contributed by atoms with E-state index >= 15 is 0 Å². The number of benzene rings is 1. The van der Waals surface area contributed by atoms with Crippen LogP contribution < -0.4 is 4.52 Å². The zero-order chi connectivity index (χ0) is 11.7. The molecule has 82 valence electrons. The second-order valence-corrected chi connectivity index (χ2v) is 2.89. The van der Waals surface area contributed by atoms with Crippen LogP contribution in [0.4, 0.5) is 22.0 Å². The first kappa shape index (κ1) is 11.8. The molecule has 0 saturated heterocycles. The predicted octanol–water partition coefficient (Wildman–Crippen LogP) is 2.41. The Kier molecular flexibility index (Phi) is 3.21. The molecule has 0 radical (unpaired) electrons. The van der Waals surface area contributed by atoms with Crippen LogP contribution in [-0.4, -0.2) is 4.89 Å². The molecule has 3 nitrogen and oxygen atoms in total. The van der Waals surface area contributed by atoms with E-state index < -0.39 is 43.1 Å². The lowest BCUT2D eigenvalue weighted by Crippen LogP contribution is -2.03. The fraction of sp³-hybridized carbons (Fsp3) is 0. The van der Waals surface area contributed by atoms with Crippen molar-refractivity contribution < 1.29 is 35.9 Å². The van der Waals surface area contributed by atoms with Crippen molar-refractivity contribution in [3.63, 3.8) is 0 Å². The van der Waals surface area contributed by atoms with Crippen molar-refractivity contribution in [3.05, 3.63) is 29.1 Å². The van der Waals surface area contributed by atoms with E-state index in [1.165, 1.54) is 0 Å². The molecule has 15 heavy (non-hydrogen) atoms. The van der Waals surface area contributed by atoms with E-state index in [2.05, 4.69) is 4.52 Å². The Morgan fingerprint density at radius 3 is 1.53 bits per heavy atom. The maximum Gasteiger partial charge on any atom is 0.747 e. The third kappa shape index (κ3) is 2.05. The molecule has 0 amide bonds. The summed E-state index contributed by atoms with van der Waals surface area (Å²) < 4.78 is 76.2. The van der Waals surface area contributed by atoms with E-state index in [-0.39, 0.29) is 0 Å². The van der Waals surface area contributed by atoms with Gasteiger partial charge in [0.1, 0.15) is 0 Å². The minimum absolute atomic E-state index is 1.78. The molecule has 0 spiro atoms. The van der Waals surface area contributed by atoms with Crippen LogP contribution in [0, 0.1) is 29.1 Å². The molecule has 0 bridgehead atoms. The van der Waals surface area contributed by atoms with Gasteiger partial charge in [0.25, 0.3) is 5.75 Å². The third-order valence-corrected chi connectivity index (χ3v) is 1.68. The maximum absolute atomic E-state index is 12.7. The van der Waals surface area contributed by atoms with Gasteiger partial charge >= 0.3 is 8.25 Å². The van der Waals surface area contributed by atoms with Gasteiger partial charge in [-0.1, -0.05) is 0 Å². The zero-order valence-electron chi connectivity index (χ0n) is 6.60. The molecule has 0 aromatic heterocycles. The van der Waals surface area contributed by atoms with Crippen LogP contribution in [0.25, 0.3) is 0 Å². The van der Waals surface area contributed by atoms with Crippen LogP contribution in [0.15, 0.2) is 0 Å². The topological polar surface area (TPSA) is 46.5 Å². The largest absolute Gasteiger partial charge is 0.747 e. The SMILES string of the molecule is O=[P+](O)Oc1c(F)c(F)c(F)c(F)c1F. The highest BCUT2D eigenvalue weighted by Crippen LogP contribution is 2.33. The summed E-state index contributed by atoms with van der Waals surface area (Å²) in [4.78, 5) is 8.12. The lowest BCUT2D eigenvalue weighted by Gasteiger charge is -2.01. The van der Waals surface area contributed by atoms with E-state index in [9.17, 15) is 26.5 Å². The van der Waals surface area contributed by atoms with Gasteiger partial charge in [0, 0.05) is 4.57 Å². The number of hydrogen-bond donors (Lipinski definition) is 1. The first-order chi connectivity index (χ1) is 6.86. The third-order valence-electron chi connectivity index (χ3n) is 1.34. The maximum atomic E-state index is 12.7. The fourth-order valence-electron chi connectivity index (χ4n) is 0.743. The molecular formula is C6HF5O3P+. The van der Waals surface area contributed by atoms with Crippen molar-refractivity contribution in [3.8, 4) is 5.75 Å². The van der Waals surface area contributed by atoms with E-state index in [1.54, 1.807) is 0 Å². The normalized spacial score (nSPS) is 11.5. The number of halogens is 5. The van der Waals surface area contributed by atoms with Crippen LogP contribution in [0.3, 0.4) is 0 Å². The van der Waals surface area contributed by atoms with Crippen molar-refractivity contribution in [2.75, 3.05) is 0 Å². The van der Waals surface area contributed by atoms with Gasteiger partial charge in [-0.2, -0.15) is 8.78 Å². The van der Waals surface area contributed by atoms with Gasteiger partial charge < -0.3 is 0 Å². The van der Waals surface area contributed by atoms with Gasteiger partial charge in [-0.25, -0.2) is 17.7 Å². The fourth-order valence-corrected chi connectivity index (χ4v) is 1.06. The van der Waals surface area contributed by atoms with Crippen LogP contribution in [0.5, 0.6) is 5.75 Å². The Morgan fingerprint density at radius 2 is 1.20 bits per heavy atom. The van der Waals surface area contributed by atoms with E-state index in [0.717, 1.165) is 0 Å². The first-order valence-corrected chi connectivity index (χ1v) is 4.34. The van der Waals surface area contributed by atoms with E-state index in [1.807, 2.05) is 0 Å². The molecule has 1 rings (SSSR count). The van der Waals surface area contributed by atoms with Gasteiger partial charge in [-0.3, -0.25) is 0 Å². The molecule has 0 fully saturated rings. The highest BCUT2D eigenvalue weighted by Gasteiger charge is 2.32. The van der Waals surface area contributed by atoms with Crippen molar-refractivity contribution in [1.82, 2.24) is 0 Å². The molecule has 0 aliphatic rings. The summed E-state index contributed by atoms with van der Waals surface area (Å²) in [6, 6.07) is 0. The summed E-state index contributed by atoms with van der Waals surface area (Å²) >= 11 is 0. The van der Waals surface area contributed by atoms with Crippen molar-refractivity contribution >= 4 is 8.25 Å². The van der Waals surface area contributed by atoms with Crippen molar-refractivity contribution in [2.24, 2.45) is 0 Å². The highest BCUT2D eigenvalue weighted by atomic mass is 31.1. The Labute approximate surface area is 80.0 Å². The predicted molar refractivity (Wildman–Crippen MR) is 36.7 cm³/mol. The van der Waals surface area contributed by atoms with Crippen LogP contribution in [0.1, 0.15) is 0 Å². The van der Waals surface area contributed by atoms with Gasteiger partial charge in [0.15, 0.2) is 0 Å². The van der Waals surface area contributed by atoms with Crippen LogP contribution in [0.2, 0.25) is 0 Å². The summed E-state index contributed by atoms with van der Waals surface area (Å²) in [5.41, 5.74) is 0. The second-order valence-electron chi connectivity index (χ2n) is 2.23. The molecule has 1 aromatic rings. The Balaban J connectivity index is 3.45. The highest BCUT2D eigenvalue weighted by molar-refractivity contribution is 7.32. The smallest absolute Gasteiger partial charge is 0.223 e. The average Bonchev–Trinajstić information content (AvgIpc) is 2.18. The summed E-state index contributed by atoms with van der Waals surface area (Å²) in [5.74, 6) is -13.3. The van der Waals surface area contributed by atoms with E-state index in [4.69, 9.17) is 4.89 Å². The molecule has 0 heterocycles. The van der Waals surface area contributed by atoms with Gasteiger partial charge in [0.2, 0.25) is 29.1 Å². The quantitative estimate of drug-likeness (QED) is 0.378. The Hall–Kier alpha value is -1.27. The summed E-state index contributed by atoms with van der Waals surface area (Å²) in [7, 11) is -3.53. The molecule has 1 aromatic carbocycles. The van der Waals surface area contributed by atoms with Gasteiger partial charge in [-0.05, 0) is 0 Å². The van der Waals surface area contributed by atoms with Crippen LogP contribution in [-0.2, 0) is 4.57 Å².